The number of nitrogens with zero attached hydrogens (tertiary/aromatic N) is 2. The summed E-state index contributed by atoms with van der Waals surface area (Å²) in [6.07, 6.45) is 0.978. The maximum absolute atomic E-state index is 5.80. The SMILES string of the molecule is Cn1nc(-c2ccc3c(c2)CCOC3)cc1N. The molecule has 0 spiro atoms. The summed E-state index contributed by atoms with van der Waals surface area (Å²) in [4.78, 5) is 0. The molecule has 3 rings (SSSR count). The highest BCUT2D eigenvalue weighted by Crippen LogP contribution is 2.25. The van der Waals surface area contributed by atoms with E-state index in [1.165, 1.54) is 11.1 Å². The molecular weight excluding hydrogens is 214 g/mol. The molecule has 0 saturated carbocycles. The quantitative estimate of drug-likeness (QED) is 0.810. The van der Waals surface area contributed by atoms with Gasteiger partial charge in [0.2, 0.25) is 0 Å². The summed E-state index contributed by atoms with van der Waals surface area (Å²) in [7, 11) is 1.85. The number of hydrogen-bond donors (Lipinski definition) is 1. The van der Waals surface area contributed by atoms with Gasteiger partial charge in [0.05, 0.1) is 18.9 Å². The summed E-state index contributed by atoms with van der Waals surface area (Å²) in [6.45, 7) is 1.53. The number of benzene rings is 1. The standard InChI is InChI=1S/C13H15N3O/c1-16-13(14)7-12(15-16)10-2-3-11-8-17-5-4-9(11)6-10/h2-3,6-7H,4-5,8,14H2,1H3. The molecule has 0 unspecified atom stereocenters. The molecule has 88 valence electrons. The van der Waals surface area contributed by atoms with E-state index in [0.717, 1.165) is 30.9 Å². The molecule has 2 N–H and O–H groups in total. The number of fused-ring (bicyclic) bond motifs is 1. The molecule has 0 saturated heterocycles. The average molecular weight is 229 g/mol. The van der Waals surface area contributed by atoms with Crippen LogP contribution < -0.4 is 5.73 Å². The lowest BCUT2D eigenvalue weighted by Gasteiger charge is -2.16. The van der Waals surface area contributed by atoms with E-state index in [0.29, 0.717) is 5.82 Å². The van der Waals surface area contributed by atoms with Gasteiger partial charge in [-0.3, -0.25) is 4.68 Å². The number of rotatable bonds is 1. The van der Waals surface area contributed by atoms with Crippen molar-refractivity contribution in [2.75, 3.05) is 12.3 Å². The summed E-state index contributed by atoms with van der Waals surface area (Å²) in [5.41, 5.74) is 10.5. The lowest BCUT2D eigenvalue weighted by Crippen LogP contribution is -2.09. The highest BCUT2D eigenvalue weighted by Gasteiger charge is 2.12. The van der Waals surface area contributed by atoms with Crippen LogP contribution >= 0.6 is 0 Å². The monoisotopic (exact) mass is 229 g/mol. The molecule has 0 atom stereocenters. The lowest BCUT2D eigenvalue weighted by molar-refractivity contribution is 0.111. The van der Waals surface area contributed by atoms with E-state index in [9.17, 15) is 0 Å². The fraction of sp³-hybridized carbons (Fsp3) is 0.308. The van der Waals surface area contributed by atoms with Gasteiger partial charge in [0, 0.05) is 18.7 Å². The summed E-state index contributed by atoms with van der Waals surface area (Å²) >= 11 is 0. The molecule has 2 heterocycles. The van der Waals surface area contributed by atoms with Crippen LogP contribution in [-0.4, -0.2) is 16.4 Å². The molecule has 0 bridgehead atoms. The largest absolute Gasteiger partial charge is 0.384 e. The predicted octanol–water partition coefficient (Wildman–Crippen LogP) is 1.74. The van der Waals surface area contributed by atoms with Crippen LogP contribution in [0, 0.1) is 0 Å². The zero-order valence-corrected chi connectivity index (χ0v) is 9.81. The number of nitrogens with two attached hydrogens (primary N) is 1. The Kier molecular flexibility index (Phi) is 2.37. The highest BCUT2D eigenvalue weighted by atomic mass is 16.5. The molecule has 1 aromatic carbocycles. The van der Waals surface area contributed by atoms with Gasteiger partial charge in [-0.25, -0.2) is 0 Å². The Morgan fingerprint density at radius 1 is 1.29 bits per heavy atom. The van der Waals surface area contributed by atoms with Crippen molar-refractivity contribution >= 4 is 5.82 Å². The first-order valence-corrected chi connectivity index (χ1v) is 5.73. The van der Waals surface area contributed by atoms with E-state index in [1.807, 2.05) is 13.1 Å². The Labute approximate surface area is 100 Å². The van der Waals surface area contributed by atoms with Gasteiger partial charge in [-0.05, 0) is 23.6 Å². The highest BCUT2D eigenvalue weighted by molar-refractivity contribution is 5.64. The molecule has 0 amide bonds. The number of ether oxygens (including phenoxy) is 1. The van der Waals surface area contributed by atoms with Crippen molar-refractivity contribution < 1.29 is 4.74 Å². The summed E-state index contributed by atoms with van der Waals surface area (Å²) in [6, 6.07) is 8.30. The molecule has 17 heavy (non-hydrogen) atoms. The van der Waals surface area contributed by atoms with E-state index < -0.39 is 0 Å². The van der Waals surface area contributed by atoms with Crippen molar-refractivity contribution in [3.63, 3.8) is 0 Å². The molecule has 0 fully saturated rings. The topological polar surface area (TPSA) is 53.1 Å². The summed E-state index contributed by atoms with van der Waals surface area (Å²) in [5.74, 6) is 0.682. The summed E-state index contributed by atoms with van der Waals surface area (Å²) in [5, 5.41) is 4.39. The van der Waals surface area contributed by atoms with Crippen LogP contribution in [0.2, 0.25) is 0 Å². The zero-order valence-electron chi connectivity index (χ0n) is 9.81. The Morgan fingerprint density at radius 2 is 2.18 bits per heavy atom. The van der Waals surface area contributed by atoms with Crippen molar-refractivity contribution in [2.45, 2.75) is 13.0 Å². The molecule has 4 heteroatoms. The van der Waals surface area contributed by atoms with Gasteiger partial charge in [0.25, 0.3) is 0 Å². The normalized spacial score (nSPS) is 14.6. The second kappa shape index (κ2) is 3.89. The van der Waals surface area contributed by atoms with Crippen molar-refractivity contribution in [2.24, 2.45) is 7.05 Å². The van der Waals surface area contributed by atoms with E-state index in [-0.39, 0.29) is 0 Å². The van der Waals surface area contributed by atoms with E-state index in [1.54, 1.807) is 4.68 Å². The number of aromatic nitrogens is 2. The Morgan fingerprint density at radius 3 is 2.94 bits per heavy atom. The minimum Gasteiger partial charge on any atom is -0.384 e. The van der Waals surface area contributed by atoms with Crippen molar-refractivity contribution in [3.05, 3.63) is 35.4 Å². The van der Waals surface area contributed by atoms with Gasteiger partial charge < -0.3 is 10.5 Å². The van der Waals surface area contributed by atoms with Crippen molar-refractivity contribution in [1.82, 2.24) is 9.78 Å². The predicted molar refractivity (Wildman–Crippen MR) is 66.4 cm³/mol. The second-order valence-electron chi connectivity index (χ2n) is 4.36. The van der Waals surface area contributed by atoms with Crippen molar-refractivity contribution in [3.8, 4) is 11.3 Å². The summed E-state index contributed by atoms with van der Waals surface area (Å²) < 4.78 is 7.12. The fourth-order valence-electron chi connectivity index (χ4n) is 2.15. The molecule has 1 aliphatic heterocycles. The fourth-order valence-corrected chi connectivity index (χ4v) is 2.15. The van der Waals surface area contributed by atoms with E-state index in [2.05, 4.69) is 23.3 Å². The molecule has 0 aliphatic carbocycles. The van der Waals surface area contributed by atoms with Gasteiger partial charge in [0.15, 0.2) is 0 Å². The van der Waals surface area contributed by atoms with Crippen molar-refractivity contribution in [1.29, 1.82) is 0 Å². The van der Waals surface area contributed by atoms with E-state index in [4.69, 9.17) is 10.5 Å². The zero-order chi connectivity index (χ0) is 11.8. The van der Waals surface area contributed by atoms with Crippen LogP contribution in [0.4, 0.5) is 5.82 Å². The third-order valence-corrected chi connectivity index (χ3v) is 3.19. The minimum absolute atomic E-state index is 0.682. The molecule has 1 aliphatic rings. The number of aryl methyl sites for hydroxylation is 1. The van der Waals surface area contributed by atoms with E-state index >= 15 is 0 Å². The van der Waals surface area contributed by atoms with Gasteiger partial charge >= 0.3 is 0 Å². The minimum atomic E-state index is 0.682. The number of hydrogen-bond acceptors (Lipinski definition) is 3. The lowest BCUT2D eigenvalue weighted by atomic mass is 9.99. The van der Waals surface area contributed by atoms with Crippen LogP contribution in [0.15, 0.2) is 24.3 Å². The first-order valence-electron chi connectivity index (χ1n) is 5.73. The molecular formula is C13H15N3O. The maximum Gasteiger partial charge on any atom is 0.121 e. The van der Waals surface area contributed by atoms with Gasteiger partial charge in [-0.2, -0.15) is 5.10 Å². The number of nitrogen functional groups attached to an aromatic ring is 1. The maximum atomic E-state index is 5.80. The second-order valence-corrected chi connectivity index (χ2v) is 4.36. The molecule has 1 aromatic heterocycles. The smallest absolute Gasteiger partial charge is 0.121 e. The van der Waals surface area contributed by atoms with Crippen LogP contribution in [0.1, 0.15) is 11.1 Å². The van der Waals surface area contributed by atoms with Gasteiger partial charge in [-0.15, -0.1) is 0 Å². The van der Waals surface area contributed by atoms with Gasteiger partial charge in [0.1, 0.15) is 5.82 Å². The van der Waals surface area contributed by atoms with Crippen LogP contribution in [0.3, 0.4) is 0 Å². The first kappa shape index (κ1) is 10.4. The Bertz CT molecular complexity index is 540. The third-order valence-electron chi connectivity index (χ3n) is 3.19. The molecule has 0 radical (unpaired) electrons. The Balaban J connectivity index is 2.03. The van der Waals surface area contributed by atoms with Gasteiger partial charge in [-0.1, -0.05) is 12.1 Å². The molecule has 4 nitrogen and oxygen atoms in total. The third kappa shape index (κ3) is 1.80. The van der Waals surface area contributed by atoms with Crippen LogP contribution in [0.5, 0.6) is 0 Å². The number of anilines is 1. The van der Waals surface area contributed by atoms with Crippen LogP contribution in [-0.2, 0) is 24.8 Å². The Hall–Kier alpha value is -1.81. The molecule has 2 aromatic rings. The van der Waals surface area contributed by atoms with Crippen LogP contribution in [0.25, 0.3) is 11.3 Å². The average Bonchev–Trinajstić information content (AvgIpc) is 2.69. The first-order chi connectivity index (χ1) is 8.24.